The number of halogens is 6. The highest BCUT2D eigenvalue weighted by atomic mass is 32.2. The Bertz CT molecular complexity index is 872. The minimum atomic E-state index is -4.83. The molecule has 0 aliphatic carbocycles. The Labute approximate surface area is 157 Å². The second-order valence-electron chi connectivity index (χ2n) is 5.92. The van der Waals surface area contributed by atoms with Gasteiger partial charge in [-0.05, 0) is 49.7 Å². The number of hydrogen-bond donors (Lipinski definition) is 2. The van der Waals surface area contributed by atoms with Crippen LogP contribution in [0.1, 0.15) is 35.2 Å². The second kappa shape index (κ2) is 8.50. The van der Waals surface area contributed by atoms with Crippen LogP contribution in [0.15, 0.2) is 47.4 Å². The van der Waals surface area contributed by atoms with Crippen molar-refractivity contribution in [3.8, 4) is 0 Å². The molecule has 11 heteroatoms. The zero-order valence-electron chi connectivity index (χ0n) is 14.6. The summed E-state index contributed by atoms with van der Waals surface area (Å²) in [6, 6.07) is 6.41. The SMILES string of the molecule is C[C@@H](N)c1cc(C(F)(F)F)cc(C(F)(F)F)c1.Cc1ccc(S(=O)(=O)O)cc1. The maximum absolute atomic E-state index is 12.4. The van der Waals surface area contributed by atoms with Crippen molar-refractivity contribution in [3.63, 3.8) is 0 Å². The van der Waals surface area contributed by atoms with Crippen molar-refractivity contribution in [1.82, 2.24) is 0 Å². The molecule has 0 spiro atoms. The number of rotatable bonds is 2. The summed E-state index contributed by atoms with van der Waals surface area (Å²) in [5.74, 6) is 0. The van der Waals surface area contributed by atoms with Crippen LogP contribution < -0.4 is 5.73 Å². The third-order valence-electron chi connectivity index (χ3n) is 3.45. The van der Waals surface area contributed by atoms with E-state index < -0.39 is 39.6 Å². The predicted octanol–water partition coefficient (Wildman–Crippen LogP) is 4.99. The van der Waals surface area contributed by atoms with Crippen molar-refractivity contribution in [3.05, 3.63) is 64.7 Å². The first-order chi connectivity index (χ1) is 12.5. The van der Waals surface area contributed by atoms with Crippen molar-refractivity contribution in [2.75, 3.05) is 0 Å². The van der Waals surface area contributed by atoms with Crippen LogP contribution in [0.3, 0.4) is 0 Å². The van der Waals surface area contributed by atoms with E-state index in [9.17, 15) is 34.8 Å². The molecule has 0 unspecified atom stereocenters. The van der Waals surface area contributed by atoms with E-state index in [1.54, 1.807) is 12.1 Å². The van der Waals surface area contributed by atoms with Crippen LogP contribution in [0, 0.1) is 6.92 Å². The predicted molar refractivity (Wildman–Crippen MR) is 90.0 cm³/mol. The first-order valence-corrected chi connectivity index (χ1v) is 9.05. The Morgan fingerprint density at radius 3 is 1.57 bits per heavy atom. The van der Waals surface area contributed by atoms with Gasteiger partial charge in [0, 0.05) is 6.04 Å². The molecule has 28 heavy (non-hydrogen) atoms. The van der Waals surface area contributed by atoms with Gasteiger partial charge in [0.25, 0.3) is 10.1 Å². The smallest absolute Gasteiger partial charge is 0.324 e. The summed E-state index contributed by atoms with van der Waals surface area (Å²) in [5.41, 5.74) is 3.36. The minimum Gasteiger partial charge on any atom is -0.324 e. The molecule has 0 bridgehead atoms. The molecule has 0 saturated heterocycles. The highest BCUT2D eigenvalue weighted by Gasteiger charge is 2.37. The minimum absolute atomic E-state index is 0.0666. The lowest BCUT2D eigenvalue weighted by Gasteiger charge is -2.15. The molecule has 1 atom stereocenters. The van der Waals surface area contributed by atoms with Crippen molar-refractivity contribution < 1.29 is 39.3 Å². The van der Waals surface area contributed by atoms with Crippen molar-refractivity contribution >= 4 is 10.1 Å². The fourth-order valence-corrected chi connectivity index (χ4v) is 2.43. The van der Waals surface area contributed by atoms with E-state index in [2.05, 4.69) is 0 Å². The zero-order valence-corrected chi connectivity index (χ0v) is 15.5. The molecular formula is C17H17F6NO3S. The largest absolute Gasteiger partial charge is 0.416 e. The summed E-state index contributed by atoms with van der Waals surface area (Å²) < 4.78 is 104. The topological polar surface area (TPSA) is 80.4 Å². The fourth-order valence-electron chi connectivity index (χ4n) is 1.95. The molecule has 3 N–H and O–H groups in total. The Hall–Kier alpha value is -2.11. The van der Waals surface area contributed by atoms with Crippen LogP contribution >= 0.6 is 0 Å². The van der Waals surface area contributed by atoms with Crippen LogP contribution in [0.5, 0.6) is 0 Å². The summed E-state index contributed by atoms with van der Waals surface area (Å²) in [5, 5.41) is 0. The van der Waals surface area contributed by atoms with Gasteiger partial charge in [0.05, 0.1) is 16.0 Å². The third kappa shape index (κ3) is 7.13. The number of aryl methyl sites for hydroxylation is 1. The molecule has 0 saturated carbocycles. The molecule has 4 nitrogen and oxygen atoms in total. The number of nitrogens with two attached hydrogens (primary N) is 1. The fraction of sp³-hybridized carbons (Fsp3) is 0.294. The van der Waals surface area contributed by atoms with Gasteiger partial charge in [-0.15, -0.1) is 0 Å². The molecule has 2 aromatic rings. The van der Waals surface area contributed by atoms with Gasteiger partial charge >= 0.3 is 12.4 Å². The van der Waals surface area contributed by atoms with Gasteiger partial charge in [-0.1, -0.05) is 17.7 Å². The Morgan fingerprint density at radius 2 is 1.29 bits per heavy atom. The van der Waals surface area contributed by atoms with Crippen LogP contribution in [0.25, 0.3) is 0 Å². The second-order valence-corrected chi connectivity index (χ2v) is 7.34. The van der Waals surface area contributed by atoms with Crippen molar-refractivity contribution in [2.45, 2.75) is 37.1 Å². The monoisotopic (exact) mass is 429 g/mol. The molecule has 0 radical (unpaired) electrons. The maximum atomic E-state index is 12.4. The van der Waals surface area contributed by atoms with Gasteiger partial charge in [-0.2, -0.15) is 34.8 Å². The molecular weight excluding hydrogens is 412 g/mol. The van der Waals surface area contributed by atoms with Crippen LogP contribution in [-0.4, -0.2) is 13.0 Å². The van der Waals surface area contributed by atoms with Gasteiger partial charge in [0.1, 0.15) is 0 Å². The molecule has 0 heterocycles. The average Bonchev–Trinajstić information content (AvgIpc) is 2.53. The van der Waals surface area contributed by atoms with Crippen LogP contribution in [-0.2, 0) is 22.5 Å². The quantitative estimate of drug-likeness (QED) is 0.521. The van der Waals surface area contributed by atoms with Gasteiger partial charge in [-0.25, -0.2) is 0 Å². The van der Waals surface area contributed by atoms with Gasteiger partial charge in [0.15, 0.2) is 0 Å². The molecule has 0 fully saturated rings. The van der Waals surface area contributed by atoms with Crippen molar-refractivity contribution in [2.24, 2.45) is 5.73 Å². The number of benzene rings is 2. The van der Waals surface area contributed by atoms with E-state index in [1.165, 1.54) is 19.1 Å². The zero-order chi connectivity index (χ0) is 21.9. The lowest BCUT2D eigenvalue weighted by Crippen LogP contribution is -2.14. The first-order valence-electron chi connectivity index (χ1n) is 7.61. The summed E-state index contributed by atoms with van der Waals surface area (Å²) in [6.45, 7) is 3.16. The van der Waals surface area contributed by atoms with E-state index in [0.717, 1.165) is 5.56 Å². The highest BCUT2D eigenvalue weighted by molar-refractivity contribution is 7.85. The van der Waals surface area contributed by atoms with Crippen LogP contribution in [0.4, 0.5) is 26.3 Å². The third-order valence-corrected chi connectivity index (χ3v) is 4.32. The normalized spacial score (nSPS) is 13.5. The summed E-state index contributed by atoms with van der Waals surface area (Å²) >= 11 is 0. The Morgan fingerprint density at radius 1 is 0.893 bits per heavy atom. The molecule has 2 aromatic carbocycles. The number of alkyl halides is 6. The average molecular weight is 429 g/mol. The Balaban J connectivity index is 0.000000307. The van der Waals surface area contributed by atoms with Gasteiger partial charge in [-0.3, -0.25) is 4.55 Å². The van der Waals surface area contributed by atoms with Gasteiger partial charge < -0.3 is 5.73 Å². The maximum Gasteiger partial charge on any atom is 0.416 e. The molecule has 0 aliphatic heterocycles. The molecule has 156 valence electrons. The lowest BCUT2D eigenvalue weighted by molar-refractivity contribution is -0.143. The molecule has 2 rings (SSSR count). The van der Waals surface area contributed by atoms with E-state index in [1.807, 2.05) is 6.92 Å². The molecule has 0 amide bonds. The van der Waals surface area contributed by atoms with Crippen molar-refractivity contribution in [1.29, 1.82) is 0 Å². The summed E-state index contributed by atoms with van der Waals surface area (Å²) in [4.78, 5) is -0.0666. The van der Waals surface area contributed by atoms with E-state index in [-0.39, 0.29) is 16.5 Å². The molecule has 0 aliphatic rings. The lowest BCUT2D eigenvalue weighted by atomic mass is 10.0. The standard InChI is InChI=1S/C10H9F6N.C7H8O3S/c1-5(17)6-2-7(9(11,12)13)4-8(3-6)10(14,15)16;1-6-2-4-7(5-3-6)11(8,9)10/h2-5H,17H2,1H3;2-5H,1H3,(H,8,9,10)/t5-;/m1./s1. The van der Waals surface area contributed by atoms with E-state index in [4.69, 9.17) is 10.3 Å². The number of hydrogen-bond acceptors (Lipinski definition) is 3. The van der Waals surface area contributed by atoms with E-state index in [0.29, 0.717) is 12.1 Å². The first kappa shape index (κ1) is 23.9. The van der Waals surface area contributed by atoms with Gasteiger partial charge in [0.2, 0.25) is 0 Å². The van der Waals surface area contributed by atoms with Crippen LogP contribution in [0.2, 0.25) is 0 Å². The summed E-state index contributed by atoms with van der Waals surface area (Å²) in [7, 11) is -4.02. The Kier molecular flexibility index (Phi) is 7.26. The molecule has 0 aromatic heterocycles. The summed E-state index contributed by atoms with van der Waals surface area (Å²) in [6.07, 6.45) is -9.66. The van der Waals surface area contributed by atoms with E-state index >= 15 is 0 Å². The highest BCUT2D eigenvalue weighted by Crippen LogP contribution is 2.37.